The molecule has 3 aliphatic rings. The van der Waals surface area contributed by atoms with E-state index in [1.807, 2.05) is 0 Å². The summed E-state index contributed by atoms with van der Waals surface area (Å²) in [4.78, 5) is 12.3. The van der Waals surface area contributed by atoms with Crippen molar-refractivity contribution in [3.8, 4) is 0 Å². The molecule has 3 aliphatic carbocycles. The Morgan fingerprint density at radius 3 is 2.62 bits per heavy atom. The predicted octanol–water partition coefficient (Wildman–Crippen LogP) is 6.86. The van der Waals surface area contributed by atoms with Crippen LogP contribution >= 0.6 is 15.9 Å². The molecular formula is C29H45BrO4. The molecule has 3 fully saturated rings. The number of hydrogen-bond donors (Lipinski definition) is 2. The number of alkyl halides is 1. The fraction of sp³-hybridized carbons (Fsp3) is 0.759. The summed E-state index contributed by atoms with van der Waals surface area (Å²) in [5.41, 5.74) is 3.47. The number of esters is 1. The summed E-state index contributed by atoms with van der Waals surface area (Å²) in [6.45, 7) is 13.5. The van der Waals surface area contributed by atoms with Crippen molar-refractivity contribution in [2.75, 3.05) is 5.33 Å². The van der Waals surface area contributed by atoms with Gasteiger partial charge in [-0.05, 0) is 60.8 Å². The molecule has 0 aromatic carbocycles. The highest BCUT2D eigenvalue weighted by Gasteiger charge is 2.56. The lowest BCUT2D eigenvalue weighted by Crippen LogP contribution is -2.39. The first-order valence-electron chi connectivity index (χ1n) is 13.2. The molecule has 0 heterocycles. The van der Waals surface area contributed by atoms with Gasteiger partial charge in [-0.25, -0.2) is 0 Å². The van der Waals surface area contributed by atoms with Crippen LogP contribution in [-0.4, -0.2) is 33.4 Å². The Hall–Kier alpha value is -0.910. The molecule has 192 valence electrons. The molecule has 34 heavy (non-hydrogen) atoms. The molecule has 0 radical (unpaired) electrons. The maximum Gasteiger partial charge on any atom is 0.316 e. The number of ether oxygens (including phenoxy) is 1. The summed E-state index contributed by atoms with van der Waals surface area (Å²) in [7, 11) is 0. The first-order valence-corrected chi connectivity index (χ1v) is 14.4. The molecule has 0 aromatic heterocycles. The molecule has 0 bridgehead atoms. The molecule has 0 saturated heterocycles. The zero-order valence-electron chi connectivity index (χ0n) is 21.6. The van der Waals surface area contributed by atoms with Crippen molar-refractivity contribution in [2.45, 2.75) is 104 Å². The van der Waals surface area contributed by atoms with Crippen molar-refractivity contribution in [3.05, 3.63) is 35.5 Å². The van der Waals surface area contributed by atoms with Gasteiger partial charge in [0.25, 0.3) is 0 Å². The standard InChI is InChI=1S/C29H45BrO4/c1-19(2)8-6-9-21(4)27-25(34-26(31)18-30)16-24-22(10-7-14-28(24,27)5)11-12-23-17-29(32,33)15-13-20(23)3/h11-12,19,21,24-25,27,32-33H,3,6-10,13-18H2,1-2,4-5H3/b22-11+,23-12-/t21-,24+,25?,27+,28-/m1/s1. The number of fused-ring (bicyclic) bond motifs is 1. The van der Waals surface area contributed by atoms with Crippen LogP contribution in [0.15, 0.2) is 35.5 Å². The molecule has 0 amide bonds. The van der Waals surface area contributed by atoms with Gasteiger partial charge in [-0.3, -0.25) is 4.79 Å². The summed E-state index contributed by atoms with van der Waals surface area (Å²) in [5.74, 6) is 0.155. The fourth-order valence-corrected chi connectivity index (χ4v) is 7.18. The average Bonchev–Trinajstić information content (AvgIpc) is 3.05. The van der Waals surface area contributed by atoms with E-state index >= 15 is 0 Å². The highest BCUT2D eigenvalue weighted by Crippen LogP contribution is 2.60. The minimum atomic E-state index is -1.63. The normalized spacial score (nSPS) is 34.5. The highest BCUT2D eigenvalue weighted by atomic mass is 79.9. The second kappa shape index (κ2) is 11.4. The molecule has 4 nitrogen and oxygen atoms in total. The lowest BCUT2D eigenvalue weighted by atomic mass is 9.60. The van der Waals surface area contributed by atoms with E-state index in [1.165, 1.54) is 24.8 Å². The topological polar surface area (TPSA) is 66.8 Å². The van der Waals surface area contributed by atoms with Gasteiger partial charge in [-0.1, -0.05) is 92.8 Å². The van der Waals surface area contributed by atoms with E-state index in [1.54, 1.807) is 0 Å². The Morgan fingerprint density at radius 2 is 1.94 bits per heavy atom. The van der Waals surface area contributed by atoms with Gasteiger partial charge in [0, 0.05) is 18.8 Å². The van der Waals surface area contributed by atoms with Crippen LogP contribution in [0.1, 0.15) is 91.9 Å². The Labute approximate surface area is 215 Å². The number of allylic oxidation sites excluding steroid dienone is 4. The Morgan fingerprint density at radius 1 is 1.21 bits per heavy atom. The lowest BCUT2D eigenvalue weighted by molar-refractivity contribution is -0.167. The van der Waals surface area contributed by atoms with E-state index in [0.717, 1.165) is 36.8 Å². The fourth-order valence-electron chi connectivity index (χ4n) is 7.05. The van der Waals surface area contributed by atoms with Crippen molar-refractivity contribution in [2.24, 2.45) is 29.1 Å². The van der Waals surface area contributed by atoms with Crippen LogP contribution in [0.5, 0.6) is 0 Å². The zero-order chi connectivity index (χ0) is 25.1. The number of rotatable bonds is 8. The van der Waals surface area contributed by atoms with Crippen molar-refractivity contribution in [1.82, 2.24) is 0 Å². The summed E-state index contributed by atoms with van der Waals surface area (Å²) < 4.78 is 6.06. The molecule has 1 unspecified atom stereocenters. The van der Waals surface area contributed by atoms with E-state index in [4.69, 9.17) is 4.74 Å². The second-order valence-corrected chi connectivity index (χ2v) is 12.4. The molecule has 0 spiro atoms. The summed E-state index contributed by atoms with van der Waals surface area (Å²) in [6.07, 6.45) is 13.3. The Kier molecular flexibility index (Phi) is 9.30. The van der Waals surface area contributed by atoms with Gasteiger partial charge in [-0.15, -0.1) is 0 Å². The molecule has 5 heteroatoms. The average molecular weight is 538 g/mol. The number of carbonyl (C=O) groups excluding carboxylic acids is 1. The number of carbonyl (C=O) groups is 1. The van der Waals surface area contributed by atoms with Crippen LogP contribution in [0.3, 0.4) is 0 Å². The SMILES string of the molecule is C=C1CCC(O)(O)C/C1=C/C=C1\CCC[C@@]2(C)[C@@H]([C@H](C)CCCC(C)C)C(OC(=O)CBr)C[C@@H]12. The molecule has 3 rings (SSSR count). The minimum absolute atomic E-state index is 0.0459. The van der Waals surface area contributed by atoms with Gasteiger partial charge in [-0.2, -0.15) is 0 Å². The lowest BCUT2D eigenvalue weighted by Gasteiger charge is -2.44. The molecule has 2 N–H and O–H groups in total. The van der Waals surface area contributed by atoms with E-state index in [2.05, 4.69) is 62.4 Å². The summed E-state index contributed by atoms with van der Waals surface area (Å²) >= 11 is 3.28. The van der Waals surface area contributed by atoms with E-state index in [0.29, 0.717) is 36.5 Å². The summed E-state index contributed by atoms with van der Waals surface area (Å²) in [5, 5.41) is 20.5. The van der Waals surface area contributed by atoms with Gasteiger partial charge in [0.2, 0.25) is 0 Å². The number of aliphatic hydroxyl groups is 2. The van der Waals surface area contributed by atoms with Crippen LogP contribution in [0.4, 0.5) is 0 Å². The van der Waals surface area contributed by atoms with Gasteiger partial charge in [0.1, 0.15) is 11.4 Å². The maximum atomic E-state index is 12.3. The van der Waals surface area contributed by atoms with Crippen LogP contribution in [0.2, 0.25) is 0 Å². The van der Waals surface area contributed by atoms with Crippen LogP contribution in [-0.2, 0) is 9.53 Å². The first kappa shape index (κ1) is 27.7. The largest absolute Gasteiger partial charge is 0.461 e. The van der Waals surface area contributed by atoms with Crippen LogP contribution in [0.25, 0.3) is 0 Å². The third kappa shape index (κ3) is 6.44. The van der Waals surface area contributed by atoms with Crippen molar-refractivity contribution in [3.63, 3.8) is 0 Å². The van der Waals surface area contributed by atoms with Crippen molar-refractivity contribution >= 4 is 21.9 Å². The third-order valence-electron chi connectivity index (χ3n) is 8.75. The third-order valence-corrected chi connectivity index (χ3v) is 9.21. The predicted molar refractivity (Wildman–Crippen MR) is 141 cm³/mol. The molecule has 0 aliphatic heterocycles. The van der Waals surface area contributed by atoms with E-state index in [-0.39, 0.29) is 29.2 Å². The Bertz CT molecular complexity index is 811. The van der Waals surface area contributed by atoms with Gasteiger partial charge in [0.05, 0.1) is 0 Å². The molecule has 3 saturated carbocycles. The molecule has 0 aromatic rings. The maximum absolute atomic E-state index is 12.3. The second-order valence-electron chi connectivity index (χ2n) is 11.8. The van der Waals surface area contributed by atoms with Gasteiger partial charge >= 0.3 is 5.97 Å². The molecular weight excluding hydrogens is 492 g/mol. The van der Waals surface area contributed by atoms with Gasteiger partial charge < -0.3 is 14.9 Å². The van der Waals surface area contributed by atoms with Crippen molar-refractivity contribution in [1.29, 1.82) is 0 Å². The number of hydrogen-bond acceptors (Lipinski definition) is 4. The van der Waals surface area contributed by atoms with E-state index in [9.17, 15) is 15.0 Å². The smallest absolute Gasteiger partial charge is 0.316 e. The first-order chi connectivity index (χ1) is 16.0. The van der Waals surface area contributed by atoms with E-state index < -0.39 is 5.79 Å². The molecule has 5 atom stereocenters. The van der Waals surface area contributed by atoms with Crippen LogP contribution < -0.4 is 0 Å². The minimum Gasteiger partial charge on any atom is -0.461 e. The Balaban J connectivity index is 1.86. The quantitative estimate of drug-likeness (QED) is 0.202. The van der Waals surface area contributed by atoms with Crippen molar-refractivity contribution < 1.29 is 19.7 Å². The summed E-state index contributed by atoms with van der Waals surface area (Å²) in [6, 6.07) is 0. The van der Waals surface area contributed by atoms with Gasteiger partial charge in [0.15, 0.2) is 5.79 Å². The highest BCUT2D eigenvalue weighted by molar-refractivity contribution is 9.09. The monoisotopic (exact) mass is 536 g/mol. The van der Waals surface area contributed by atoms with Crippen LogP contribution in [0, 0.1) is 29.1 Å². The zero-order valence-corrected chi connectivity index (χ0v) is 23.2. The number of halogens is 1.